The second-order valence-corrected chi connectivity index (χ2v) is 3.45. The molecule has 0 bridgehead atoms. The van der Waals surface area contributed by atoms with Gasteiger partial charge in [0.05, 0.1) is 13.7 Å². The van der Waals surface area contributed by atoms with E-state index in [0.29, 0.717) is 17.8 Å². The average molecular weight is 236 g/mol. The Kier molecular flexibility index (Phi) is 2.97. The van der Waals surface area contributed by atoms with Crippen LogP contribution in [0.2, 0.25) is 0 Å². The molecule has 6 heteroatoms. The number of carbonyl (C=O) groups is 1. The molecule has 0 aliphatic heterocycles. The Morgan fingerprint density at radius 1 is 1.59 bits per heavy atom. The van der Waals surface area contributed by atoms with Crippen molar-refractivity contribution in [1.82, 2.24) is 9.38 Å². The van der Waals surface area contributed by atoms with Crippen molar-refractivity contribution in [1.29, 1.82) is 0 Å². The van der Waals surface area contributed by atoms with Crippen LogP contribution in [0.15, 0.2) is 18.3 Å². The van der Waals surface area contributed by atoms with Crippen molar-refractivity contribution in [2.45, 2.75) is 6.42 Å². The number of rotatable bonds is 3. The lowest BCUT2D eigenvalue weighted by atomic mass is 10.3. The fourth-order valence-electron chi connectivity index (χ4n) is 1.70. The van der Waals surface area contributed by atoms with Gasteiger partial charge in [0.2, 0.25) is 0 Å². The maximum absolute atomic E-state index is 11.5. The van der Waals surface area contributed by atoms with Gasteiger partial charge in [-0.25, -0.2) is 9.78 Å². The molecule has 17 heavy (non-hydrogen) atoms. The molecule has 2 aromatic heterocycles. The highest BCUT2D eigenvalue weighted by Crippen LogP contribution is 2.23. The van der Waals surface area contributed by atoms with Crippen LogP contribution >= 0.6 is 0 Å². The van der Waals surface area contributed by atoms with Crippen LogP contribution in [0.5, 0.6) is 5.75 Å². The number of methoxy groups -OCH3 is 1. The van der Waals surface area contributed by atoms with E-state index >= 15 is 0 Å². The molecule has 90 valence electrons. The van der Waals surface area contributed by atoms with E-state index in [1.807, 2.05) is 0 Å². The average Bonchev–Trinajstić information content (AvgIpc) is 2.69. The quantitative estimate of drug-likeness (QED) is 0.752. The normalized spacial score (nSPS) is 10.7. The van der Waals surface area contributed by atoms with Gasteiger partial charge in [0.1, 0.15) is 17.1 Å². The zero-order valence-corrected chi connectivity index (χ0v) is 9.25. The Balaban J connectivity index is 2.71. The number of pyridine rings is 1. The topological polar surface area (TPSA) is 84.1 Å². The fourth-order valence-corrected chi connectivity index (χ4v) is 1.70. The van der Waals surface area contributed by atoms with Crippen LogP contribution in [0.1, 0.15) is 16.3 Å². The number of hydrogen-bond donors (Lipinski definition) is 2. The first kappa shape index (κ1) is 11.4. The third-order valence-corrected chi connectivity index (χ3v) is 2.43. The van der Waals surface area contributed by atoms with E-state index in [-0.39, 0.29) is 18.1 Å². The summed E-state index contributed by atoms with van der Waals surface area (Å²) in [7, 11) is 1.25. The lowest BCUT2D eigenvalue weighted by Gasteiger charge is -2.00. The number of aliphatic hydroxyl groups excluding tert-OH is 1. The van der Waals surface area contributed by atoms with Crippen molar-refractivity contribution in [2.24, 2.45) is 0 Å². The second kappa shape index (κ2) is 4.42. The van der Waals surface area contributed by atoms with E-state index in [2.05, 4.69) is 9.72 Å². The summed E-state index contributed by atoms with van der Waals surface area (Å²) in [5, 5.41) is 18.7. The molecule has 6 nitrogen and oxygen atoms in total. The first-order chi connectivity index (χ1) is 8.19. The molecule has 2 rings (SSSR count). The molecule has 2 N–H and O–H groups in total. The van der Waals surface area contributed by atoms with E-state index in [4.69, 9.17) is 5.11 Å². The molecule has 0 radical (unpaired) electrons. The standard InChI is InChI=1S/C11H12N2O4/c1-17-11(16)9-10-7(15)3-2-5-13(10)8(12-9)4-6-14/h2-3,5,14-15H,4,6H2,1H3. The molecule has 2 heterocycles. The predicted molar refractivity (Wildman–Crippen MR) is 59.0 cm³/mol. The van der Waals surface area contributed by atoms with Gasteiger partial charge >= 0.3 is 5.97 Å². The minimum absolute atomic E-state index is 0.0500. The summed E-state index contributed by atoms with van der Waals surface area (Å²) in [6, 6.07) is 3.10. The van der Waals surface area contributed by atoms with Gasteiger partial charge in [-0.15, -0.1) is 0 Å². The van der Waals surface area contributed by atoms with Crippen LogP contribution in [0, 0.1) is 0 Å². The van der Waals surface area contributed by atoms with Crippen LogP contribution < -0.4 is 0 Å². The van der Waals surface area contributed by atoms with Gasteiger partial charge < -0.3 is 14.9 Å². The molecule has 0 atom stereocenters. The summed E-state index contributed by atoms with van der Waals surface area (Å²) in [5.74, 6) is -0.170. The van der Waals surface area contributed by atoms with Gasteiger partial charge in [0.15, 0.2) is 5.69 Å². The number of hydrogen-bond acceptors (Lipinski definition) is 5. The number of aliphatic hydroxyl groups is 1. The summed E-state index contributed by atoms with van der Waals surface area (Å²) in [6.45, 7) is -0.0879. The molecule has 0 aliphatic rings. The second-order valence-electron chi connectivity index (χ2n) is 3.45. The molecular formula is C11H12N2O4. The molecule has 0 saturated carbocycles. The number of carbonyl (C=O) groups excluding carboxylic acids is 1. The Labute approximate surface area is 97.1 Å². The number of nitrogens with zero attached hydrogens (tertiary/aromatic N) is 2. The lowest BCUT2D eigenvalue weighted by molar-refractivity contribution is 0.0596. The van der Waals surface area contributed by atoms with Gasteiger partial charge in [-0.1, -0.05) is 0 Å². The van der Waals surface area contributed by atoms with E-state index in [0.717, 1.165) is 0 Å². The van der Waals surface area contributed by atoms with Crippen molar-refractivity contribution in [3.05, 3.63) is 29.8 Å². The molecule has 0 unspecified atom stereocenters. The zero-order chi connectivity index (χ0) is 12.4. The third kappa shape index (κ3) is 1.83. The molecule has 0 aliphatic carbocycles. The Bertz CT molecular complexity index is 562. The maximum Gasteiger partial charge on any atom is 0.359 e. The summed E-state index contributed by atoms with van der Waals surface area (Å²) in [5.41, 5.74) is 0.344. The molecule has 0 fully saturated rings. The smallest absolute Gasteiger partial charge is 0.359 e. The summed E-state index contributed by atoms with van der Waals surface area (Å²) < 4.78 is 6.17. The van der Waals surface area contributed by atoms with Crippen molar-refractivity contribution in [3.63, 3.8) is 0 Å². The van der Waals surface area contributed by atoms with Crippen LogP contribution in [-0.2, 0) is 11.2 Å². The molecular weight excluding hydrogens is 224 g/mol. The van der Waals surface area contributed by atoms with Crippen molar-refractivity contribution in [3.8, 4) is 5.75 Å². The first-order valence-electron chi connectivity index (χ1n) is 5.07. The molecule has 0 spiro atoms. The minimum Gasteiger partial charge on any atom is -0.506 e. The number of imidazole rings is 1. The Hall–Kier alpha value is -2.08. The fraction of sp³-hybridized carbons (Fsp3) is 0.273. The Morgan fingerprint density at radius 3 is 3.00 bits per heavy atom. The number of aromatic hydroxyl groups is 1. The molecule has 0 saturated heterocycles. The number of esters is 1. The first-order valence-corrected chi connectivity index (χ1v) is 5.07. The summed E-state index contributed by atoms with van der Waals surface area (Å²) in [6.07, 6.45) is 1.96. The van der Waals surface area contributed by atoms with E-state index in [1.165, 1.54) is 13.2 Å². The SMILES string of the molecule is COC(=O)c1nc(CCO)n2cccc(O)c12. The minimum atomic E-state index is -0.617. The third-order valence-electron chi connectivity index (χ3n) is 2.43. The highest BCUT2D eigenvalue weighted by Gasteiger charge is 2.20. The monoisotopic (exact) mass is 236 g/mol. The van der Waals surface area contributed by atoms with Crippen molar-refractivity contribution < 1.29 is 19.7 Å². The van der Waals surface area contributed by atoms with E-state index in [9.17, 15) is 9.90 Å². The van der Waals surface area contributed by atoms with E-state index in [1.54, 1.807) is 16.7 Å². The summed E-state index contributed by atoms with van der Waals surface area (Å²) >= 11 is 0. The number of ether oxygens (including phenoxy) is 1. The highest BCUT2D eigenvalue weighted by molar-refractivity contribution is 5.96. The summed E-state index contributed by atoms with van der Waals surface area (Å²) in [4.78, 5) is 15.6. The van der Waals surface area contributed by atoms with Crippen LogP contribution in [0.4, 0.5) is 0 Å². The van der Waals surface area contributed by atoms with Crippen LogP contribution in [0.25, 0.3) is 5.52 Å². The Morgan fingerprint density at radius 2 is 2.35 bits per heavy atom. The van der Waals surface area contributed by atoms with Crippen molar-refractivity contribution >= 4 is 11.5 Å². The van der Waals surface area contributed by atoms with E-state index < -0.39 is 5.97 Å². The predicted octanol–water partition coefficient (Wildman–Crippen LogP) is 0.361. The van der Waals surface area contributed by atoms with Gasteiger partial charge in [-0.3, -0.25) is 4.40 Å². The molecule has 2 aromatic rings. The molecule has 0 aromatic carbocycles. The number of aromatic nitrogens is 2. The van der Waals surface area contributed by atoms with Gasteiger partial charge in [-0.05, 0) is 12.1 Å². The largest absolute Gasteiger partial charge is 0.506 e. The maximum atomic E-state index is 11.5. The number of fused-ring (bicyclic) bond motifs is 1. The van der Waals surface area contributed by atoms with Crippen LogP contribution in [0.3, 0.4) is 0 Å². The van der Waals surface area contributed by atoms with Gasteiger partial charge in [-0.2, -0.15) is 0 Å². The van der Waals surface area contributed by atoms with Gasteiger partial charge in [0.25, 0.3) is 0 Å². The van der Waals surface area contributed by atoms with Gasteiger partial charge in [0, 0.05) is 12.6 Å². The molecule has 0 amide bonds. The zero-order valence-electron chi connectivity index (χ0n) is 9.25. The highest BCUT2D eigenvalue weighted by atomic mass is 16.5. The van der Waals surface area contributed by atoms with Crippen molar-refractivity contribution in [2.75, 3.05) is 13.7 Å². The van der Waals surface area contributed by atoms with Crippen LogP contribution in [-0.4, -0.2) is 39.3 Å². The lowest BCUT2D eigenvalue weighted by Crippen LogP contribution is -2.02.